The van der Waals surface area contributed by atoms with E-state index in [0.29, 0.717) is 6.54 Å². The number of hydrogen-bond acceptors (Lipinski definition) is 4. The van der Waals surface area contributed by atoms with Crippen molar-refractivity contribution in [3.63, 3.8) is 0 Å². The zero-order valence-electron chi connectivity index (χ0n) is 12.6. The van der Waals surface area contributed by atoms with E-state index in [2.05, 4.69) is 4.72 Å². The molecule has 116 valence electrons. The molecule has 0 saturated heterocycles. The maximum atomic E-state index is 12.4. The van der Waals surface area contributed by atoms with Gasteiger partial charge in [-0.3, -0.25) is 0 Å². The van der Waals surface area contributed by atoms with Gasteiger partial charge in [0.05, 0.1) is 15.5 Å². The van der Waals surface area contributed by atoms with Gasteiger partial charge in [-0.15, -0.1) is 0 Å². The van der Waals surface area contributed by atoms with Crippen molar-refractivity contribution in [3.05, 3.63) is 28.8 Å². The first-order valence-electron chi connectivity index (χ1n) is 6.54. The van der Waals surface area contributed by atoms with Gasteiger partial charge in [0.1, 0.15) is 6.07 Å². The summed E-state index contributed by atoms with van der Waals surface area (Å²) >= 11 is 5.90. The molecule has 0 saturated carbocycles. The second kappa shape index (κ2) is 7.23. The maximum absolute atomic E-state index is 12.4. The molecule has 1 aromatic rings. The van der Waals surface area contributed by atoms with Crippen molar-refractivity contribution in [2.24, 2.45) is 5.92 Å². The van der Waals surface area contributed by atoms with Gasteiger partial charge in [0.25, 0.3) is 0 Å². The van der Waals surface area contributed by atoms with Crippen LogP contribution in [0.5, 0.6) is 0 Å². The predicted molar refractivity (Wildman–Crippen MR) is 83.7 cm³/mol. The number of hydrogen-bond donors (Lipinski definition) is 1. The van der Waals surface area contributed by atoms with Gasteiger partial charge in [-0.2, -0.15) is 5.26 Å². The lowest BCUT2D eigenvalue weighted by molar-refractivity contribution is 0.314. The largest absolute Gasteiger partial charge is 0.308 e. The number of rotatable bonds is 6. The van der Waals surface area contributed by atoms with E-state index in [1.54, 1.807) is 0 Å². The van der Waals surface area contributed by atoms with Gasteiger partial charge in [0, 0.05) is 12.6 Å². The molecule has 0 heterocycles. The highest BCUT2D eigenvalue weighted by Gasteiger charge is 2.23. The van der Waals surface area contributed by atoms with E-state index in [1.807, 2.05) is 38.9 Å². The van der Waals surface area contributed by atoms with E-state index in [4.69, 9.17) is 16.9 Å². The lowest BCUT2D eigenvalue weighted by Gasteiger charge is -2.25. The highest BCUT2D eigenvalue weighted by atomic mass is 35.5. The van der Waals surface area contributed by atoms with Crippen molar-refractivity contribution < 1.29 is 8.42 Å². The van der Waals surface area contributed by atoms with E-state index < -0.39 is 10.0 Å². The molecule has 1 unspecified atom stereocenters. The fraction of sp³-hybridized carbons (Fsp3) is 0.500. The lowest BCUT2D eigenvalue weighted by Crippen LogP contribution is -2.44. The molecule has 1 rings (SSSR count). The molecule has 7 heteroatoms. The van der Waals surface area contributed by atoms with E-state index in [9.17, 15) is 8.42 Å². The number of nitrogens with zero attached hydrogens (tertiary/aromatic N) is 2. The van der Waals surface area contributed by atoms with Crippen molar-refractivity contribution in [1.29, 1.82) is 5.26 Å². The Morgan fingerprint density at radius 1 is 1.38 bits per heavy atom. The van der Waals surface area contributed by atoms with Crippen LogP contribution in [0.2, 0.25) is 5.02 Å². The minimum atomic E-state index is -3.67. The molecule has 0 fully saturated rings. The SMILES string of the molecule is CC(C)C(CN(C)C)NS(=O)(=O)c1ccc(C#N)c(Cl)c1. The Hall–Kier alpha value is -1.13. The molecule has 0 amide bonds. The van der Waals surface area contributed by atoms with Crippen LogP contribution in [0, 0.1) is 17.2 Å². The summed E-state index contributed by atoms with van der Waals surface area (Å²) in [5, 5.41) is 8.96. The van der Waals surface area contributed by atoms with Gasteiger partial charge in [-0.25, -0.2) is 13.1 Å². The third kappa shape index (κ3) is 4.97. The van der Waals surface area contributed by atoms with Gasteiger partial charge in [0.15, 0.2) is 0 Å². The maximum Gasteiger partial charge on any atom is 0.240 e. The number of nitrogens with one attached hydrogen (secondary N) is 1. The highest BCUT2D eigenvalue weighted by Crippen LogP contribution is 2.20. The van der Waals surface area contributed by atoms with Crippen LogP contribution >= 0.6 is 11.6 Å². The Bertz CT molecular complexity index is 636. The first-order valence-corrected chi connectivity index (χ1v) is 8.40. The molecule has 0 aromatic heterocycles. The van der Waals surface area contributed by atoms with Gasteiger partial charge < -0.3 is 4.90 Å². The van der Waals surface area contributed by atoms with Crippen molar-refractivity contribution in [1.82, 2.24) is 9.62 Å². The van der Waals surface area contributed by atoms with Gasteiger partial charge in [0.2, 0.25) is 10.0 Å². The minimum Gasteiger partial charge on any atom is -0.308 e. The monoisotopic (exact) mass is 329 g/mol. The molecule has 0 bridgehead atoms. The van der Waals surface area contributed by atoms with E-state index >= 15 is 0 Å². The lowest BCUT2D eigenvalue weighted by atomic mass is 10.1. The minimum absolute atomic E-state index is 0.0657. The van der Waals surface area contributed by atoms with Gasteiger partial charge in [-0.05, 0) is 38.2 Å². The van der Waals surface area contributed by atoms with Gasteiger partial charge >= 0.3 is 0 Å². The second-order valence-electron chi connectivity index (χ2n) is 5.49. The molecule has 0 spiro atoms. The fourth-order valence-electron chi connectivity index (χ4n) is 1.80. The number of halogens is 1. The van der Waals surface area contributed by atoms with Crippen molar-refractivity contribution in [2.75, 3.05) is 20.6 Å². The third-order valence-electron chi connectivity index (χ3n) is 3.04. The van der Waals surface area contributed by atoms with Crippen LogP contribution < -0.4 is 4.72 Å². The zero-order valence-corrected chi connectivity index (χ0v) is 14.2. The summed E-state index contributed by atoms with van der Waals surface area (Å²) < 4.78 is 27.5. The van der Waals surface area contributed by atoms with Crippen LogP contribution in [0.15, 0.2) is 23.1 Å². The van der Waals surface area contributed by atoms with Crippen molar-refractivity contribution >= 4 is 21.6 Å². The Labute approximate surface area is 131 Å². The molecule has 21 heavy (non-hydrogen) atoms. The summed E-state index contributed by atoms with van der Waals surface area (Å²) in [6, 6.07) is 5.80. The Balaban J connectivity index is 3.05. The standard InChI is InChI=1S/C14H20ClN3O2S/c1-10(2)14(9-18(3)4)17-21(19,20)12-6-5-11(8-16)13(15)7-12/h5-7,10,14,17H,9H2,1-4H3. The molecule has 1 atom stereocenters. The second-order valence-corrected chi connectivity index (χ2v) is 7.61. The summed E-state index contributed by atoms with van der Waals surface area (Å²) in [7, 11) is 0.114. The Kier molecular flexibility index (Phi) is 6.17. The van der Waals surface area contributed by atoms with Crippen molar-refractivity contribution in [3.8, 4) is 6.07 Å². The Morgan fingerprint density at radius 2 is 2.00 bits per heavy atom. The summed E-state index contributed by atoms with van der Waals surface area (Å²) in [6.45, 7) is 4.52. The summed E-state index contributed by atoms with van der Waals surface area (Å²) in [5.74, 6) is 0.149. The Morgan fingerprint density at radius 3 is 2.43 bits per heavy atom. The van der Waals surface area contributed by atoms with Crippen LogP contribution in [-0.2, 0) is 10.0 Å². The van der Waals surface area contributed by atoms with E-state index in [0.717, 1.165) is 0 Å². The van der Waals surface area contributed by atoms with E-state index in [-0.39, 0.29) is 27.4 Å². The summed E-state index contributed by atoms with van der Waals surface area (Å²) in [5.41, 5.74) is 0.254. The van der Waals surface area contributed by atoms with E-state index in [1.165, 1.54) is 18.2 Å². The zero-order chi connectivity index (χ0) is 16.2. The molecular formula is C14H20ClN3O2S. The fourth-order valence-corrected chi connectivity index (χ4v) is 3.49. The first-order chi connectivity index (χ1) is 9.67. The average molecular weight is 330 g/mol. The molecular weight excluding hydrogens is 310 g/mol. The number of likely N-dealkylation sites (N-methyl/N-ethyl adjacent to an activating group) is 1. The molecule has 0 radical (unpaired) electrons. The molecule has 0 aliphatic heterocycles. The van der Waals surface area contributed by atoms with Crippen LogP contribution in [0.1, 0.15) is 19.4 Å². The molecule has 5 nitrogen and oxygen atoms in total. The van der Waals surface area contributed by atoms with Crippen LogP contribution in [0.25, 0.3) is 0 Å². The van der Waals surface area contributed by atoms with Gasteiger partial charge in [-0.1, -0.05) is 25.4 Å². The van der Waals surface area contributed by atoms with Crippen LogP contribution in [-0.4, -0.2) is 40.0 Å². The topological polar surface area (TPSA) is 73.2 Å². The smallest absolute Gasteiger partial charge is 0.240 e. The average Bonchev–Trinajstić information content (AvgIpc) is 2.36. The first kappa shape index (κ1) is 17.9. The van der Waals surface area contributed by atoms with Crippen LogP contribution in [0.3, 0.4) is 0 Å². The quantitative estimate of drug-likeness (QED) is 0.867. The number of benzene rings is 1. The normalized spacial score (nSPS) is 13.4. The van der Waals surface area contributed by atoms with Crippen LogP contribution in [0.4, 0.5) is 0 Å². The molecule has 1 N–H and O–H groups in total. The predicted octanol–water partition coefficient (Wildman–Crippen LogP) is 2.08. The third-order valence-corrected chi connectivity index (χ3v) is 4.84. The number of sulfonamides is 1. The molecule has 0 aliphatic rings. The molecule has 1 aromatic carbocycles. The summed E-state index contributed by atoms with van der Waals surface area (Å²) in [4.78, 5) is 2.00. The highest BCUT2D eigenvalue weighted by molar-refractivity contribution is 7.89. The number of nitriles is 1. The summed E-state index contributed by atoms with van der Waals surface area (Å²) in [6.07, 6.45) is 0. The van der Waals surface area contributed by atoms with Crippen molar-refractivity contribution in [2.45, 2.75) is 24.8 Å². The molecule has 0 aliphatic carbocycles.